The maximum atomic E-state index is 12.8. The smallest absolute Gasteiger partial charge is 0.242 e. The summed E-state index contributed by atoms with van der Waals surface area (Å²) in [6, 6.07) is 5.93. The maximum Gasteiger partial charge on any atom is 0.242 e. The molecule has 164 valence electrons. The zero-order valence-corrected chi connectivity index (χ0v) is 19.0. The van der Waals surface area contributed by atoms with Gasteiger partial charge in [-0.15, -0.1) is 24.8 Å². The van der Waals surface area contributed by atoms with E-state index in [1.165, 1.54) is 12.0 Å². The van der Waals surface area contributed by atoms with E-state index in [-0.39, 0.29) is 36.6 Å². The summed E-state index contributed by atoms with van der Waals surface area (Å²) in [6.45, 7) is 7.12. The summed E-state index contributed by atoms with van der Waals surface area (Å²) in [5.41, 5.74) is 8.86. The van der Waals surface area contributed by atoms with Gasteiger partial charge in [-0.1, -0.05) is 31.4 Å². The average molecular weight is 445 g/mol. The molecule has 6 nitrogen and oxygen atoms in total. The lowest BCUT2D eigenvalue weighted by molar-refractivity contribution is -0.140. The predicted octanol–water partition coefficient (Wildman–Crippen LogP) is 2.89. The van der Waals surface area contributed by atoms with Crippen LogP contribution in [0.2, 0.25) is 0 Å². The molecule has 0 radical (unpaired) electrons. The van der Waals surface area contributed by atoms with E-state index in [2.05, 4.69) is 10.2 Å². The van der Waals surface area contributed by atoms with Crippen LogP contribution in [-0.4, -0.2) is 59.9 Å². The number of piperazine rings is 1. The molecular weight excluding hydrogens is 411 g/mol. The molecule has 0 atom stereocenters. The molecule has 0 unspecified atom stereocenters. The molecule has 1 aliphatic carbocycles. The Morgan fingerprint density at radius 2 is 1.66 bits per heavy atom. The molecule has 29 heavy (non-hydrogen) atoms. The van der Waals surface area contributed by atoms with Gasteiger partial charge in [0.05, 0.1) is 12.1 Å². The predicted molar refractivity (Wildman–Crippen MR) is 122 cm³/mol. The molecule has 0 bridgehead atoms. The molecule has 1 aliphatic heterocycles. The number of halogens is 2. The summed E-state index contributed by atoms with van der Waals surface area (Å²) >= 11 is 0. The van der Waals surface area contributed by atoms with Crippen molar-refractivity contribution in [2.45, 2.75) is 51.5 Å². The van der Waals surface area contributed by atoms with Crippen molar-refractivity contribution in [2.24, 2.45) is 5.73 Å². The van der Waals surface area contributed by atoms with Gasteiger partial charge in [0.2, 0.25) is 11.8 Å². The number of nitrogens with two attached hydrogens (primary N) is 1. The van der Waals surface area contributed by atoms with E-state index in [9.17, 15) is 9.59 Å². The van der Waals surface area contributed by atoms with Gasteiger partial charge < -0.3 is 16.0 Å². The SMILES string of the molecule is Cc1cccc(NC(=O)CN2CCN(C(=O)C3(N)CCCCC3)CC2)c1C.Cl.Cl. The van der Waals surface area contributed by atoms with Crippen molar-refractivity contribution in [3.05, 3.63) is 29.3 Å². The van der Waals surface area contributed by atoms with Crippen LogP contribution in [0.3, 0.4) is 0 Å². The van der Waals surface area contributed by atoms with Gasteiger partial charge in [0.1, 0.15) is 0 Å². The third-order valence-electron chi connectivity index (χ3n) is 6.08. The van der Waals surface area contributed by atoms with Crippen molar-refractivity contribution in [3.63, 3.8) is 0 Å². The summed E-state index contributed by atoms with van der Waals surface area (Å²) in [5, 5.41) is 3.01. The average Bonchev–Trinajstić information content (AvgIpc) is 2.66. The van der Waals surface area contributed by atoms with E-state index in [1.54, 1.807) is 0 Å². The van der Waals surface area contributed by atoms with E-state index in [1.807, 2.05) is 36.9 Å². The molecule has 1 aromatic rings. The Morgan fingerprint density at radius 1 is 1.03 bits per heavy atom. The van der Waals surface area contributed by atoms with Crippen molar-refractivity contribution in [1.82, 2.24) is 9.80 Å². The van der Waals surface area contributed by atoms with E-state index in [4.69, 9.17) is 5.73 Å². The quantitative estimate of drug-likeness (QED) is 0.747. The van der Waals surface area contributed by atoms with E-state index < -0.39 is 5.54 Å². The molecule has 2 aliphatic rings. The van der Waals surface area contributed by atoms with Gasteiger partial charge in [-0.3, -0.25) is 14.5 Å². The van der Waals surface area contributed by atoms with Gasteiger partial charge in [0.15, 0.2) is 0 Å². The number of hydrogen-bond donors (Lipinski definition) is 2. The third kappa shape index (κ3) is 6.32. The van der Waals surface area contributed by atoms with E-state index in [0.717, 1.165) is 36.9 Å². The van der Waals surface area contributed by atoms with Gasteiger partial charge in [0.25, 0.3) is 0 Å². The first-order chi connectivity index (χ1) is 12.9. The second-order valence-electron chi connectivity index (χ2n) is 8.08. The van der Waals surface area contributed by atoms with Crippen LogP contribution in [0.4, 0.5) is 5.69 Å². The summed E-state index contributed by atoms with van der Waals surface area (Å²) in [7, 11) is 0. The number of carbonyl (C=O) groups is 2. The van der Waals surface area contributed by atoms with Crippen LogP contribution in [-0.2, 0) is 9.59 Å². The highest BCUT2D eigenvalue weighted by Gasteiger charge is 2.39. The lowest BCUT2D eigenvalue weighted by atomic mass is 9.81. The minimum absolute atomic E-state index is 0. The maximum absolute atomic E-state index is 12.8. The highest BCUT2D eigenvalue weighted by Crippen LogP contribution is 2.28. The molecule has 2 amide bonds. The summed E-state index contributed by atoms with van der Waals surface area (Å²) in [5.74, 6) is 0.0905. The Kier molecular flexibility index (Phi) is 9.89. The van der Waals surface area contributed by atoms with Gasteiger partial charge >= 0.3 is 0 Å². The largest absolute Gasteiger partial charge is 0.339 e. The molecule has 3 rings (SSSR count). The van der Waals surface area contributed by atoms with Crippen molar-refractivity contribution >= 4 is 42.3 Å². The Balaban J connectivity index is 0.00000210. The number of carbonyl (C=O) groups excluding carboxylic acids is 2. The molecule has 2 fully saturated rings. The zero-order valence-electron chi connectivity index (χ0n) is 17.4. The summed E-state index contributed by atoms with van der Waals surface area (Å²) < 4.78 is 0. The number of nitrogens with one attached hydrogen (secondary N) is 1. The monoisotopic (exact) mass is 444 g/mol. The van der Waals surface area contributed by atoms with Gasteiger partial charge in [-0.2, -0.15) is 0 Å². The highest BCUT2D eigenvalue weighted by atomic mass is 35.5. The fraction of sp³-hybridized carbons (Fsp3) is 0.619. The fourth-order valence-corrected chi connectivity index (χ4v) is 4.10. The number of benzene rings is 1. The van der Waals surface area contributed by atoms with Crippen molar-refractivity contribution in [3.8, 4) is 0 Å². The lowest BCUT2D eigenvalue weighted by Gasteiger charge is -2.40. The number of amides is 2. The minimum atomic E-state index is -0.666. The molecule has 1 saturated carbocycles. The summed E-state index contributed by atoms with van der Waals surface area (Å²) in [6.07, 6.45) is 4.85. The Bertz CT molecular complexity index is 700. The van der Waals surface area contributed by atoms with Crippen molar-refractivity contribution in [2.75, 3.05) is 38.0 Å². The molecule has 1 aromatic carbocycles. The van der Waals surface area contributed by atoms with Gasteiger partial charge in [-0.25, -0.2) is 0 Å². The molecule has 0 spiro atoms. The minimum Gasteiger partial charge on any atom is -0.339 e. The standard InChI is InChI=1S/C21H32N4O2.2ClH/c1-16-7-6-8-18(17(16)2)23-19(26)15-24-11-13-25(14-12-24)20(27)21(22)9-4-3-5-10-21;;/h6-8H,3-5,9-15,22H2,1-2H3,(H,23,26);2*1H. The van der Waals surface area contributed by atoms with Crippen molar-refractivity contribution in [1.29, 1.82) is 0 Å². The highest BCUT2D eigenvalue weighted by molar-refractivity contribution is 5.93. The van der Waals surface area contributed by atoms with Gasteiger partial charge in [-0.05, 0) is 43.9 Å². The second-order valence-corrected chi connectivity index (χ2v) is 8.08. The molecule has 0 aromatic heterocycles. The second kappa shape index (κ2) is 11.2. The van der Waals surface area contributed by atoms with Crippen LogP contribution in [0, 0.1) is 13.8 Å². The number of anilines is 1. The van der Waals surface area contributed by atoms with Crippen LogP contribution in [0.25, 0.3) is 0 Å². The number of aryl methyl sites for hydroxylation is 1. The normalized spacial score (nSPS) is 18.9. The number of nitrogens with zero attached hydrogens (tertiary/aromatic N) is 2. The Labute approximate surface area is 186 Å². The first kappa shape index (κ1) is 25.7. The molecular formula is C21H34Cl2N4O2. The first-order valence-electron chi connectivity index (χ1n) is 10.1. The zero-order chi connectivity index (χ0) is 19.4. The van der Waals surface area contributed by atoms with Crippen LogP contribution < -0.4 is 11.1 Å². The Morgan fingerprint density at radius 3 is 2.28 bits per heavy atom. The first-order valence-corrected chi connectivity index (χ1v) is 10.1. The third-order valence-corrected chi connectivity index (χ3v) is 6.08. The summed E-state index contributed by atoms with van der Waals surface area (Å²) in [4.78, 5) is 29.2. The van der Waals surface area contributed by atoms with Gasteiger partial charge in [0, 0.05) is 31.9 Å². The lowest BCUT2D eigenvalue weighted by Crippen LogP contribution is -2.60. The topological polar surface area (TPSA) is 78.7 Å². The Hall–Kier alpha value is -1.34. The fourth-order valence-electron chi connectivity index (χ4n) is 4.10. The number of hydrogen-bond acceptors (Lipinski definition) is 4. The van der Waals surface area contributed by atoms with Crippen LogP contribution in [0.5, 0.6) is 0 Å². The van der Waals surface area contributed by atoms with Crippen molar-refractivity contribution < 1.29 is 9.59 Å². The van der Waals surface area contributed by atoms with E-state index in [0.29, 0.717) is 32.7 Å². The number of rotatable bonds is 4. The molecule has 8 heteroatoms. The molecule has 1 heterocycles. The van der Waals surface area contributed by atoms with Crippen LogP contribution in [0.1, 0.15) is 43.2 Å². The molecule has 3 N–H and O–H groups in total. The van der Waals surface area contributed by atoms with Crippen LogP contribution >= 0.6 is 24.8 Å². The molecule has 1 saturated heterocycles. The van der Waals surface area contributed by atoms with E-state index >= 15 is 0 Å². The van der Waals surface area contributed by atoms with Crippen LogP contribution in [0.15, 0.2) is 18.2 Å².